The highest BCUT2D eigenvalue weighted by Gasteiger charge is 2.15. The molecule has 1 amide bonds. The molecule has 0 aliphatic carbocycles. The van der Waals surface area contributed by atoms with E-state index >= 15 is 0 Å². The average molecular weight is 352 g/mol. The first-order valence-electron chi connectivity index (χ1n) is 7.17. The molecule has 1 atom stereocenters. The minimum Gasteiger partial charge on any atom is -0.345 e. The molecule has 0 aliphatic rings. The molecule has 2 rings (SSSR count). The summed E-state index contributed by atoms with van der Waals surface area (Å²) in [6.45, 7) is 1.95. The number of carbonyl (C=O) groups is 1. The molecule has 0 heterocycles. The summed E-state index contributed by atoms with van der Waals surface area (Å²) in [6.07, 6.45) is 1.85. The molecule has 23 heavy (non-hydrogen) atoms. The van der Waals surface area contributed by atoms with Crippen molar-refractivity contribution in [1.82, 2.24) is 5.32 Å². The summed E-state index contributed by atoms with van der Waals surface area (Å²) in [4.78, 5) is 12.6. The van der Waals surface area contributed by atoms with Crippen molar-refractivity contribution >= 4 is 27.3 Å². The number of hydrogen-bond acceptors (Lipinski definition) is 3. The number of benzene rings is 2. The van der Waals surface area contributed by atoms with Gasteiger partial charge in [0.2, 0.25) is 0 Å². The standard InChI is InChI=1S/C17H18ClNO3S/c1-3-16(12-7-9-15(10-8-12)23(2,21)22)19-17(20)13-5-4-6-14(18)11-13/h4-11,16H,3H2,1-2H3,(H,19,20). The molecule has 2 aromatic rings. The van der Waals surface area contributed by atoms with Crippen molar-refractivity contribution in [3.05, 3.63) is 64.7 Å². The van der Waals surface area contributed by atoms with E-state index in [0.29, 0.717) is 17.0 Å². The maximum Gasteiger partial charge on any atom is 0.251 e. The predicted octanol–water partition coefficient (Wildman–Crippen LogP) is 3.62. The maximum absolute atomic E-state index is 12.3. The summed E-state index contributed by atoms with van der Waals surface area (Å²) in [5, 5.41) is 3.44. The van der Waals surface area contributed by atoms with Crippen LogP contribution >= 0.6 is 11.6 Å². The van der Waals surface area contributed by atoms with Crippen molar-refractivity contribution in [3.63, 3.8) is 0 Å². The molecular weight excluding hydrogens is 334 g/mol. The number of hydrogen-bond donors (Lipinski definition) is 1. The molecule has 1 N–H and O–H groups in total. The van der Waals surface area contributed by atoms with Crippen molar-refractivity contribution < 1.29 is 13.2 Å². The first kappa shape index (κ1) is 17.5. The zero-order chi connectivity index (χ0) is 17.0. The van der Waals surface area contributed by atoms with Gasteiger partial charge in [-0.25, -0.2) is 8.42 Å². The van der Waals surface area contributed by atoms with Gasteiger partial charge in [-0.1, -0.05) is 36.7 Å². The molecule has 0 saturated carbocycles. The molecule has 1 unspecified atom stereocenters. The minimum atomic E-state index is -3.22. The molecule has 6 heteroatoms. The van der Waals surface area contributed by atoms with Crippen LogP contribution in [0.15, 0.2) is 53.4 Å². The van der Waals surface area contributed by atoms with Crippen LogP contribution in [0.4, 0.5) is 0 Å². The van der Waals surface area contributed by atoms with Gasteiger partial charge in [-0.15, -0.1) is 0 Å². The summed E-state index contributed by atoms with van der Waals surface area (Å²) in [7, 11) is -3.22. The van der Waals surface area contributed by atoms with Crippen molar-refractivity contribution in [2.75, 3.05) is 6.26 Å². The Morgan fingerprint density at radius 1 is 1.17 bits per heavy atom. The van der Waals surface area contributed by atoms with Gasteiger partial charge in [0.15, 0.2) is 9.84 Å². The van der Waals surface area contributed by atoms with E-state index in [-0.39, 0.29) is 16.8 Å². The second kappa shape index (κ2) is 7.15. The third-order valence-electron chi connectivity index (χ3n) is 3.51. The van der Waals surface area contributed by atoms with Crippen LogP contribution in [0.1, 0.15) is 35.3 Å². The average Bonchev–Trinajstić information content (AvgIpc) is 2.51. The lowest BCUT2D eigenvalue weighted by Gasteiger charge is -2.18. The third kappa shape index (κ3) is 4.56. The smallest absolute Gasteiger partial charge is 0.251 e. The van der Waals surface area contributed by atoms with Gasteiger partial charge in [0, 0.05) is 16.8 Å². The Morgan fingerprint density at radius 2 is 1.83 bits per heavy atom. The Labute approximate surface area is 141 Å². The topological polar surface area (TPSA) is 63.2 Å². The Balaban J connectivity index is 2.18. The molecule has 0 fully saturated rings. The molecule has 122 valence electrons. The fourth-order valence-electron chi connectivity index (χ4n) is 2.24. The van der Waals surface area contributed by atoms with Gasteiger partial charge in [0.05, 0.1) is 10.9 Å². The fraction of sp³-hybridized carbons (Fsp3) is 0.235. The molecule has 2 aromatic carbocycles. The molecule has 0 radical (unpaired) electrons. The fourth-order valence-corrected chi connectivity index (χ4v) is 3.06. The Kier molecular flexibility index (Phi) is 5.44. The van der Waals surface area contributed by atoms with E-state index in [0.717, 1.165) is 5.56 Å². The van der Waals surface area contributed by atoms with Crippen LogP contribution in [0.5, 0.6) is 0 Å². The third-order valence-corrected chi connectivity index (χ3v) is 4.87. The van der Waals surface area contributed by atoms with E-state index in [1.54, 1.807) is 48.5 Å². The van der Waals surface area contributed by atoms with Crippen LogP contribution in [-0.2, 0) is 9.84 Å². The van der Waals surface area contributed by atoms with Gasteiger partial charge in [-0.3, -0.25) is 4.79 Å². The highest BCUT2D eigenvalue weighted by Crippen LogP contribution is 2.20. The Morgan fingerprint density at radius 3 is 2.35 bits per heavy atom. The molecule has 0 bridgehead atoms. The highest BCUT2D eigenvalue weighted by molar-refractivity contribution is 7.90. The number of halogens is 1. The summed E-state index contributed by atoms with van der Waals surface area (Å²) in [5.41, 5.74) is 1.35. The SMILES string of the molecule is CCC(NC(=O)c1cccc(Cl)c1)c1ccc(S(C)(=O)=O)cc1. The molecule has 0 aliphatic heterocycles. The first-order valence-corrected chi connectivity index (χ1v) is 9.44. The monoisotopic (exact) mass is 351 g/mol. The first-order chi connectivity index (χ1) is 10.8. The van der Waals surface area contributed by atoms with Gasteiger partial charge in [0.25, 0.3) is 5.91 Å². The van der Waals surface area contributed by atoms with Crippen LogP contribution in [0.2, 0.25) is 5.02 Å². The lowest BCUT2D eigenvalue weighted by molar-refractivity contribution is 0.0935. The van der Waals surface area contributed by atoms with Crippen LogP contribution in [0.25, 0.3) is 0 Å². The van der Waals surface area contributed by atoms with E-state index in [1.165, 1.54) is 6.26 Å². The molecule has 0 saturated heterocycles. The minimum absolute atomic E-state index is 0.199. The van der Waals surface area contributed by atoms with E-state index in [2.05, 4.69) is 5.32 Å². The molecular formula is C17H18ClNO3S. The zero-order valence-corrected chi connectivity index (χ0v) is 14.5. The molecule has 0 aromatic heterocycles. The van der Waals surface area contributed by atoms with Crippen LogP contribution < -0.4 is 5.32 Å². The van der Waals surface area contributed by atoms with Gasteiger partial charge in [-0.05, 0) is 42.3 Å². The number of sulfone groups is 1. The summed E-state index contributed by atoms with van der Waals surface area (Å²) in [5.74, 6) is -0.216. The van der Waals surface area contributed by atoms with Crippen LogP contribution in [0.3, 0.4) is 0 Å². The Hall–Kier alpha value is -1.85. The Bertz CT molecular complexity index is 801. The summed E-state index contributed by atoms with van der Waals surface area (Å²) in [6, 6.07) is 13.1. The molecule has 4 nitrogen and oxygen atoms in total. The van der Waals surface area contributed by atoms with Gasteiger partial charge >= 0.3 is 0 Å². The van der Waals surface area contributed by atoms with Gasteiger partial charge in [-0.2, -0.15) is 0 Å². The zero-order valence-electron chi connectivity index (χ0n) is 12.9. The second-order valence-electron chi connectivity index (χ2n) is 5.29. The van der Waals surface area contributed by atoms with Crippen molar-refractivity contribution in [2.24, 2.45) is 0 Å². The number of rotatable bonds is 5. The van der Waals surface area contributed by atoms with Gasteiger partial charge in [0.1, 0.15) is 0 Å². The second-order valence-corrected chi connectivity index (χ2v) is 7.74. The lowest BCUT2D eigenvalue weighted by atomic mass is 10.0. The van der Waals surface area contributed by atoms with E-state index < -0.39 is 9.84 Å². The summed E-state index contributed by atoms with van der Waals surface area (Å²) >= 11 is 5.90. The predicted molar refractivity (Wildman–Crippen MR) is 91.5 cm³/mol. The van der Waals surface area contributed by atoms with E-state index in [9.17, 15) is 13.2 Å². The number of carbonyl (C=O) groups excluding carboxylic acids is 1. The summed E-state index contributed by atoms with van der Waals surface area (Å²) < 4.78 is 23.0. The number of nitrogens with one attached hydrogen (secondary N) is 1. The van der Waals surface area contributed by atoms with Crippen LogP contribution in [0, 0.1) is 0 Å². The molecule has 0 spiro atoms. The van der Waals surface area contributed by atoms with Crippen molar-refractivity contribution in [1.29, 1.82) is 0 Å². The van der Waals surface area contributed by atoms with Gasteiger partial charge < -0.3 is 5.32 Å². The highest BCUT2D eigenvalue weighted by atomic mass is 35.5. The maximum atomic E-state index is 12.3. The van der Waals surface area contributed by atoms with E-state index in [4.69, 9.17) is 11.6 Å². The lowest BCUT2D eigenvalue weighted by Crippen LogP contribution is -2.28. The quantitative estimate of drug-likeness (QED) is 0.894. The normalized spacial score (nSPS) is 12.7. The van der Waals surface area contributed by atoms with E-state index in [1.807, 2.05) is 6.92 Å². The number of amides is 1. The van der Waals surface area contributed by atoms with Crippen LogP contribution in [-0.4, -0.2) is 20.6 Å². The van der Waals surface area contributed by atoms with Crippen molar-refractivity contribution in [2.45, 2.75) is 24.3 Å². The van der Waals surface area contributed by atoms with Crippen molar-refractivity contribution in [3.8, 4) is 0 Å². The largest absolute Gasteiger partial charge is 0.345 e.